The predicted molar refractivity (Wildman–Crippen MR) is 81.6 cm³/mol. The van der Waals surface area contributed by atoms with Crippen LogP contribution in [0.2, 0.25) is 10.0 Å². The van der Waals surface area contributed by atoms with E-state index < -0.39 is 35.2 Å². The van der Waals surface area contributed by atoms with Gasteiger partial charge in [0.05, 0.1) is 21.3 Å². The number of carbonyl (C=O) groups is 1. The molecule has 1 aromatic carbocycles. The highest BCUT2D eigenvalue weighted by atomic mass is 35.5. The third kappa shape index (κ3) is 5.54. The number of ketones is 1. The molecule has 0 aliphatic carbocycles. The average Bonchev–Trinajstić information content (AvgIpc) is 2.49. The molecule has 1 N–H and O–H groups in total. The molecule has 0 saturated heterocycles. The molecule has 142 valence electrons. The van der Waals surface area contributed by atoms with Crippen molar-refractivity contribution >= 4 is 58.0 Å². The Morgan fingerprint density at radius 2 is 1.54 bits per heavy atom. The molecule has 0 unspecified atom stereocenters. The lowest BCUT2D eigenvalue weighted by Crippen LogP contribution is -2.29. The first-order valence-electron chi connectivity index (χ1n) is 5.94. The first kappa shape index (κ1) is 22.1. The van der Waals surface area contributed by atoms with Gasteiger partial charge in [0.25, 0.3) is 5.78 Å². The Bertz CT molecular complexity index is 845. The van der Waals surface area contributed by atoms with E-state index in [4.69, 9.17) is 28.3 Å². The van der Waals surface area contributed by atoms with Crippen LogP contribution in [-0.2, 0) is 16.3 Å². The molecule has 0 aromatic heterocycles. The van der Waals surface area contributed by atoms with Crippen LogP contribution in [0.4, 0.5) is 37.7 Å². The fraction of sp³-hybridized carbons (Fsp3) is 0.167. The van der Waals surface area contributed by atoms with Crippen LogP contribution in [0, 0.1) is 0 Å². The third-order valence-electron chi connectivity index (χ3n) is 2.51. The first-order chi connectivity index (χ1) is 11.8. The standard InChI is InChI=1S/C12H4Cl2F6N2O3S/c13-5-1-7(8(22-26-25)2-6(5)14)21-3-4(9(23)11(15,16)17)10(24)12(18,19)20/h1-3,23H/b9-4+,21-3?. The zero-order valence-electron chi connectivity index (χ0n) is 11.8. The summed E-state index contributed by atoms with van der Waals surface area (Å²) in [6.07, 6.45) is -11.5. The van der Waals surface area contributed by atoms with Gasteiger partial charge in [-0.1, -0.05) is 23.2 Å². The van der Waals surface area contributed by atoms with Crippen LogP contribution in [0.5, 0.6) is 0 Å². The van der Waals surface area contributed by atoms with Gasteiger partial charge in [-0.3, -0.25) is 9.79 Å². The van der Waals surface area contributed by atoms with Crippen LogP contribution in [0.1, 0.15) is 0 Å². The Morgan fingerprint density at radius 1 is 1.04 bits per heavy atom. The summed E-state index contributed by atoms with van der Waals surface area (Å²) in [5.74, 6) is -5.77. The van der Waals surface area contributed by atoms with E-state index >= 15 is 0 Å². The summed E-state index contributed by atoms with van der Waals surface area (Å²) in [6, 6.07) is 1.86. The molecule has 0 amide bonds. The number of Topliss-reactive ketones (excluding diaryl/α,β-unsaturated/α-hetero) is 1. The Morgan fingerprint density at radius 3 is 1.96 bits per heavy atom. The molecule has 0 fully saturated rings. The quantitative estimate of drug-likeness (QED) is 0.301. The Kier molecular flexibility index (Phi) is 6.96. The first-order valence-corrected chi connectivity index (χ1v) is 7.39. The highest BCUT2D eigenvalue weighted by Gasteiger charge is 2.46. The number of hydrogen-bond donors (Lipinski definition) is 1. The van der Waals surface area contributed by atoms with Crippen molar-refractivity contribution in [2.45, 2.75) is 12.4 Å². The third-order valence-corrected chi connectivity index (χ3v) is 3.50. The van der Waals surface area contributed by atoms with Gasteiger partial charge in [-0.2, -0.15) is 34.9 Å². The fourth-order valence-electron chi connectivity index (χ4n) is 1.41. The van der Waals surface area contributed by atoms with E-state index in [9.17, 15) is 35.3 Å². The summed E-state index contributed by atoms with van der Waals surface area (Å²) >= 11 is 10.9. The van der Waals surface area contributed by atoms with Crippen molar-refractivity contribution < 1.29 is 40.5 Å². The minimum atomic E-state index is -5.71. The van der Waals surface area contributed by atoms with Crippen molar-refractivity contribution in [3.05, 3.63) is 33.5 Å². The summed E-state index contributed by atoms with van der Waals surface area (Å²) in [5, 5.41) is 8.61. The van der Waals surface area contributed by atoms with E-state index in [-0.39, 0.29) is 33.4 Å². The molecular formula is C12H4Cl2F6N2O3S. The molecular weight excluding hydrogens is 437 g/mol. The van der Waals surface area contributed by atoms with E-state index in [1.165, 1.54) is 0 Å². The maximum Gasteiger partial charge on any atom is 0.455 e. The minimum absolute atomic E-state index is 0.126. The maximum absolute atomic E-state index is 12.5. The number of allylic oxidation sites excluding steroid dienone is 2. The van der Waals surface area contributed by atoms with Gasteiger partial charge in [-0.15, -0.1) is 0 Å². The summed E-state index contributed by atoms with van der Waals surface area (Å²) in [4.78, 5) is 14.4. The normalized spacial score (nSPS) is 13.5. The zero-order valence-corrected chi connectivity index (χ0v) is 14.2. The average molecular weight is 441 g/mol. The summed E-state index contributed by atoms with van der Waals surface area (Å²) in [5.41, 5.74) is -2.96. The molecule has 0 radical (unpaired) electrons. The second-order valence-corrected chi connectivity index (χ2v) is 5.41. The zero-order chi connectivity index (χ0) is 20.3. The number of rotatable bonds is 4. The van der Waals surface area contributed by atoms with Gasteiger partial charge in [0.15, 0.2) is 0 Å². The molecule has 0 saturated carbocycles. The van der Waals surface area contributed by atoms with E-state index in [0.717, 1.165) is 12.1 Å². The lowest BCUT2D eigenvalue weighted by atomic mass is 10.1. The molecule has 0 bridgehead atoms. The molecule has 0 aliphatic rings. The van der Waals surface area contributed by atoms with Crippen LogP contribution in [0.25, 0.3) is 0 Å². The number of benzene rings is 1. The Labute approximate surface area is 154 Å². The fourth-order valence-corrected chi connectivity index (χ4v) is 1.95. The van der Waals surface area contributed by atoms with Gasteiger partial charge in [0.2, 0.25) is 17.2 Å². The number of aliphatic hydroxyl groups excluding tert-OH is 1. The maximum atomic E-state index is 12.5. The molecule has 14 heteroatoms. The van der Waals surface area contributed by atoms with Gasteiger partial charge in [0, 0.05) is 6.21 Å². The molecule has 1 rings (SSSR count). The number of aliphatic imine (C=N–C) groups is 1. The molecule has 0 spiro atoms. The molecule has 0 aliphatic heterocycles. The second kappa shape index (κ2) is 8.18. The minimum Gasteiger partial charge on any atom is -0.504 e. The lowest BCUT2D eigenvalue weighted by Gasteiger charge is -2.11. The predicted octanol–water partition coefficient (Wildman–Crippen LogP) is 5.23. The van der Waals surface area contributed by atoms with Gasteiger partial charge in [-0.05, 0) is 12.1 Å². The molecule has 0 atom stereocenters. The summed E-state index contributed by atoms with van der Waals surface area (Å²) < 4.78 is 88.7. The largest absolute Gasteiger partial charge is 0.504 e. The highest BCUT2D eigenvalue weighted by Crippen LogP contribution is 2.37. The number of alkyl halides is 6. The Balaban J connectivity index is 3.58. The number of hydrogen-bond acceptors (Lipinski definition) is 5. The van der Waals surface area contributed by atoms with Crippen LogP contribution in [-0.4, -0.2) is 33.7 Å². The monoisotopic (exact) mass is 440 g/mol. The molecule has 26 heavy (non-hydrogen) atoms. The van der Waals surface area contributed by atoms with Crippen molar-refractivity contribution in [3.63, 3.8) is 0 Å². The Hall–Kier alpha value is -1.92. The number of aliphatic hydroxyl groups is 1. The van der Waals surface area contributed by atoms with Crippen LogP contribution < -0.4 is 0 Å². The SMILES string of the molecule is O=S=Nc1cc(Cl)c(Cl)cc1N=C/C(C(=O)C(F)(F)F)=C(\O)C(F)(F)F. The van der Waals surface area contributed by atoms with Crippen molar-refractivity contribution in [1.29, 1.82) is 0 Å². The van der Waals surface area contributed by atoms with Gasteiger partial charge in [0.1, 0.15) is 5.69 Å². The highest BCUT2D eigenvalue weighted by molar-refractivity contribution is 7.54. The van der Waals surface area contributed by atoms with Crippen LogP contribution in [0.3, 0.4) is 0 Å². The van der Waals surface area contributed by atoms with E-state index in [2.05, 4.69) is 9.36 Å². The second-order valence-electron chi connectivity index (χ2n) is 4.27. The van der Waals surface area contributed by atoms with E-state index in [1.807, 2.05) is 0 Å². The van der Waals surface area contributed by atoms with E-state index in [1.54, 1.807) is 0 Å². The van der Waals surface area contributed by atoms with Gasteiger partial charge < -0.3 is 5.11 Å². The van der Waals surface area contributed by atoms with Crippen LogP contribution >= 0.6 is 23.2 Å². The van der Waals surface area contributed by atoms with Crippen molar-refractivity contribution in [3.8, 4) is 0 Å². The number of halogens is 8. The molecule has 1 aromatic rings. The van der Waals surface area contributed by atoms with Crippen molar-refractivity contribution in [2.24, 2.45) is 9.36 Å². The number of carbonyl (C=O) groups excluding carboxylic acids is 1. The molecule has 5 nitrogen and oxygen atoms in total. The van der Waals surface area contributed by atoms with Crippen molar-refractivity contribution in [2.75, 3.05) is 0 Å². The van der Waals surface area contributed by atoms with Crippen LogP contribution in [0.15, 0.2) is 32.8 Å². The smallest absolute Gasteiger partial charge is 0.455 e. The summed E-state index contributed by atoms with van der Waals surface area (Å²) in [6.45, 7) is 0. The van der Waals surface area contributed by atoms with Gasteiger partial charge >= 0.3 is 12.4 Å². The van der Waals surface area contributed by atoms with Gasteiger partial charge in [-0.25, -0.2) is 0 Å². The lowest BCUT2D eigenvalue weighted by molar-refractivity contribution is -0.167. The van der Waals surface area contributed by atoms with E-state index in [0.29, 0.717) is 0 Å². The summed E-state index contributed by atoms with van der Waals surface area (Å²) in [7, 11) is 0. The van der Waals surface area contributed by atoms with Crippen molar-refractivity contribution in [1.82, 2.24) is 0 Å². The number of nitrogens with zero attached hydrogens (tertiary/aromatic N) is 2. The topological polar surface area (TPSA) is 79.1 Å². The molecule has 0 heterocycles.